The van der Waals surface area contributed by atoms with Crippen LogP contribution in [-0.2, 0) is 12.8 Å². The van der Waals surface area contributed by atoms with Crippen LogP contribution in [0.4, 0.5) is 5.13 Å². The van der Waals surface area contributed by atoms with E-state index in [2.05, 4.69) is 59.8 Å². The Hall–Kier alpha value is -2.21. The Labute approximate surface area is 204 Å². The molecule has 3 aromatic rings. The van der Waals surface area contributed by atoms with E-state index >= 15 is 0 Å². The van der Waals surface area contributed by atoms with Crippen LogP contribution < -0.4 is 10.2 Å². The summed E-state index contributed by atoms with van der Waals surface area (Å²) in [5, 5.41) is 9.00. The third-order valence-corrected chi connectivity index (χ3v) is 6.00. The summed E-state index contributed by atoms with van der Waals surface area (Å²) in [4.78, 5) is 13.7. The molecule has 0 saturated carbocycles. The molecule has 1 N–H and O–H groups in total. The van der Waals surface area contributed by atoms with Gasteiger partial charge in [0, 0.05) is 63.9 Å². The van der Waals surface area contributed by atoms with E-state index in [1.165, 1.54) is 17.1 Å². The van der Waals surface area contributed by atoms with Gasteiger partial charge in [0.2, 0.25) is 5.13 Å². The van der Waals surface area contributed by atoms with Gasteiger partial charge in [-0.2, -0.15) is 9.47 Å². The predicted molar refractivity (Wildman–Crippen MR) is 137 cm³/mol. The Kier molecular flexibility index (Phi) is 8.64. The summed E-state index contributed by atoms with van der Waals surface area (Å²) >= 11 is 1.50. The van der Waals surface area contributed by atoms with E-state index in [0.29, 0.717) is 0 Å². The molecule has 0 aliphatic carbocycles. The molecular weight excluding hydrogens is 523 g/mol. The van der Waals surface area contributed by atoms with E-state index in [1.807, 2.05) is 36.1 Å². The van der Waals surface area contributed by atoms with Gasteiger partial charge in [-0.3, -0.25) is 4.99 Å². The average Bonchev–Trinajstić information content (AvgIpc) is 3.47. The van der Waals surface area contributed by atoms with Crippen LogP contribution >= 0.6 is 35.5 Å². The predicted octanol–water partition coefficient (Wildman–Crippen LogP) is 2.84. The Balaban J connectivity index is 0.00000272. The summed E-state index contributed by atoms with van der Waals surface area (Å²) in [5.74, 6) is 1.89. The molecule has 0 atom stereocenters. The average molecular weight is 552 g/mol. The highest BCUT2D eigenvalue weighted by Gasteiger charge is 2.21. The van der Waals surface area contributed by atoms with Crippen LogP contribution in [0.2, 0.25) is 0 Å². The Morgan fingerprint density at radius 2 is 1.94 bits per heavy atom. The van der Waals surface area contributed by atoms with E-state index in [4.69, 9.17) is 0 Å². The molecule has 10 heteroatoms. The highest BCUT2D eigenvalue weighted by atomic mass is 127. The number of halogens is 1. The standard InChI is InChI=1S/C21H28N8S.HI/c1-3-19-25-21(30-26-19)28-13-11-27(12-14-28)20(22-2)23-10-9-17-15-24-29(16-17)18-7-5-4-6-8-18;/h4-8,15-16H,3,9-14H2,1-2H3,(H,22,23);1H. The van der Waals surface area contributed by atoms with Crippen molar-refractivity contribution in [3.05, 3.63) is 54.1 Å². The second kappa shape index (κ2) is 11.4. The lowest BCUT2D eigenvalue weighted by Crippen LogP contribution is -2.52. The number of benzene rings is 1. The van der Waals surface area contributed by atoms with Crippen molar-refractivity contribution < 1.29 is 0 Å². The van der Waals surface area contributed by atoms with Gasteiger partial charge in [-0.1, -0.05) is 25.1 Å². The monoisotopic (exact) mass is 552 g/mol. The second-order valence-electron chi connectivity index (χ2n) is 7.17. The molecule has 4 rings (SSSR count). The van der Waals surface area contributed by atoms with E-state index < -0.39 is 0 Å². The molecular formula is C21H29IN8S. The van der Waals surface area contributed by atoms with Crippen molar-refractivity contribution in [1.82, 2.24) is 29.4 Å². The number of aromatic nitrogens is 4. The fraction of sp³-hybridized carbons (Fsp3) is 0.429. The number of aliphatic imine (C=N–C) groups is 1. The third kappa shape index (κ3) is 5.94. The molecule has 0 amide bonds. The molecule has 1 aromatic carbocycles. The topological polar surface area (TPSA) is 74.5 Å². The summed E-state index contributed by atoms with van der Waals surface area (Å²) in [5.41, 5.74) is 2.28. The van der Waals surface area contributed by atoms with Crippen LogP contribution in [-0.4, -0.2) is 69.8 Å². The molecule has 1 fully saturated rings. The molecule has 3 heterocycles. The number of anilines is 1. The molecule has 1 aliphatic rings. The largest absolute Gasteiger partial charge is 0.356 e. The summed E-state index contributed by atoms with van der Waals surface area (Å²) in [6.07, 6.45) is 5.81. The lowest BCUT2D eigenvalue weighted by Gasteiger charge is -2.36. The maximum atomic E-state index is 4.61. The lowest BCUT2D eigenvalue weighted by atomic mass is 10.2. The molecule has 8 nitrogen and oxygen atoms in total. The van der Waals surface area contributed by atoms with Crippen molar-refractivity contribution in [3.63, 3.8) is 0 Å². The number of nitrogens with zero attached hydrogens (tertiary/aromatic N) is 7. The number of hydrogen-bond acceptors (Lipinski definition) is 6. The van der Waals surface area contributed by atoms with Gasteiger partial charge in [0.1, 0.15) is 5.82 Å². The van der Waals surface area contributed by atoms with Gasteiger partial charge in [-0.15, -0.1) is 24.0 Å². The van der Waals surface area contributed by atoms with Gasteiger partial charge in [0.15, 0.2) is 5.96 Å². The molecule has 1 aliphatic heterocycles. The third-order valence-electron chi connectivity index (χ3n) is 5.19. The van der Waals surface area contributed by atoms with E-state index in [-0.39, 0.29) is 24.0 Å². The highest BCUT2D eigenvalue weighted by molar-refractivity contribution is 14.0. The van der Waals surface area contributed by atoms with Crippen molar-refractivity contribution in [2.75, 3.05) is 44.7 Å². The SMILES string of the molecule is CCc1nsc(N2CCN(C(=NC)NCCc3cnn(-c4ccccc4)c3)CC2)n1.I. The number of hydrogen-bond donors (Lipinski definition) is 1. The van der Waals surface area contributed by atoms with Crippen LogP contribution in [0.5, 0.6) is 0 Å². The van der Waals surface area contributed by atoms with Gasteiger partial charge in [-0.05, 0) is 24.1 Å². The Morgan fingerprint density at radius 1 is 1.16 bits per heavy atom. The van der Waals surface area contributed by atoms with Crippen LogP contribution in [0.15, 0.2) is 47.7 Å². The summed E-state index contributed by atoms with van der Waals surface area (Å²) in [6, 6.07) is 10.2. The van der Waals surface area contributed by atoms with Crippen LogP contribution in [0, 0.1) is 0 Å². The fourth-order valence-corrected chi connectivity index (χ4v) is 4.29. The maximum absolute atomic E-state index is 4.61. The second-order valence-corrected chi connectivity index (χ2v) is 7.90. The summed E-state index contributed by atoms with van der Waals surface area (Å²) in [7, 11) is 1.85. The first kappa shape index (κ1) is 23.5. The van der Waals surface area contributed by atoms with E-state index in [9.17, 15) is 0 Å². The number of nitrogens with one attached hydrogen (secondary N) is 1. The number of piperazine rings is 1. The molecule has 0 spiro atoms. The molecule has 1 saturated heterocycles. The molecule has 31 heavy (non-hydrogen) atoms. The minimum atomic E-state index is 0. The molecule has 2 aromatic heterocycles. The quantitative estimate of drug-likeness (QED) is 0.288. The lowest BCUT2D eigenvalue weighted by molar-refractivity contribution is 0.372. The van der Waals surface area contributed by atoms with Gasteiger partial charge < -0.3 is 15.1 Å². The molecule has 0 radical (unpaired) electrons. The van der Waals surface area contributed by atoms with Crippen molar-refractivity contribution >= 4 is 46.6 Å². The van der Waals surface area contributed by atoms with Gasteiger partial charge in [0.25, 0.3) is 0 Å². The number of aryl methyl sites for hydroxylation is 1. The first-order valence-electron chi connectivity index (χ1n) is 10.4. The fourth-order valence-electron chi connectivity index (χ4n) is 3.49. The minimum absolute atomic E-state index is 0. The summed E-state index contributed by atoms with van der Waals surface area (Å²) < 4.78 is 6.32. The zero-order chi connectivity index (χ0) is 20.8. The first-order chi connectivity index (χ1) is 14.8. The Morgan fingerprint density at radius 3 is 2.61 bits per heavy atom. The van der Waals surface area contributed by atoms with Gasteiger partial charge in [-0.25, -0.2) is 9.67 Å². The smallest absolute Gasteiger partial charge is 0.205 e. The number of rotatable bonds is 6. The van der Waals surface area contributed by atoms with Gasteiger partial charge >= 0.3 is 0 Å². The van der Waals surface area contributed by atoms with E-state index in [1.54, 1.807) is 0 Å². The van der Waals surface area contributed by atoms with Crippen molar-refractivity contribution in [3.8, 4) is 5.69 Å². The van der Waals surface area contributed by atoms with Gasteiger partial charge in [0.05, 0.1) is 11.9 Å². The van der Waals surface area contributed by atoms with Crippen molar-refractivity contribution in [1.29, 1.82) is 0 Å². The zero-order valence-corrected chi connectivity index (χ0v) is 21.1. The Bertz CT molecular complexity index is 963. The van der Waals surface area contributed by atoms with Crippen LogP contribution in [0.25, 0.3) is 5.69 Å². The summed E-state index contributed by atoms with van der Waals surface area (Å²) in [6.45, 7) is 6.63. The number of para-hydroxylation sites is 1. The number of guanidine groups is 1. The zero-order valence-electron chi connectivity index (χ0n) is 17.9. The van der Waals surface area contributed by atoms with Crippen molar-refractivity contribution in [2.45, 2.75) is 19.8 Å². The minimum Gasteiger partial charge on any atom is -0.356 e. The normalized spacial score (nSPS) is 14.5. The van der Waals surface area contributed by atoms with Crippen LogP contribution in [0.3, 0.4) is 0 Å². The van der Waals surface area contributed by atoms with E-state index in [0.717, 1.165) is 68.2 Å². The maximum Gasteiger partial charge on any atom is 0.205 e. The highest BCUT2D eigenvalue weighted by Crippen LogP contribution is 2.19. The van der Waals surface area contributed by atoms with Crippen LogP contribution in [0.1, 0.15) is 18.3 Å². The van der Waals surface area contributed by atoms with Crippen molar-refractivity contribution in [2.24, 2.45) is 4.99 Å². The first-order valence-corrected chi connectivity index (χ1v) is 11.2. The molecule has 0 unspecified atom stereocenters. The molecule has 0 bridgehead atoms. The molecule has 166 valence electrons.